The van der Waals surface area contributed by atoms with Crippen molar-refractivity contribution in [3.05, 3.63) is 17.5 Å². The van der Waals surface area contributed by atoms with Crippen LogP contribution in [0.4, 0.5) is 5.95 Å². The molecule has 0 aromatic carbocycles. The molecule has 1 fully saturated rings. The average molecular weight is 282 g/mol. The van der Waals surface area contributed by atoms with Crippen LogP contribution in [0.5, 0.6) is 0 Å². The molecule has 3 nitrogen and oxygen atoms in total. The Morgan fingerprint density at radius 3 is 2.63 bits per heavy atom. The van der Waals surface area contributed by atoms with Crippen molar-refractivity contribution in [2.75, 3.05) is 17.3 Å². The fourth-order valence-corrected chi connectivity index (χ4v) is 2.49. The summed E-state index contributed by atoms with van der Waals surface area (Å²) in [6.07, 6.45) is 4.84. The van der Waals surface area contributed by atoms with Gasteiger partial charge in [0, 0.05) is 29.9 Å². The largest absolute Gasteiger partial charge is 0.338 e. The summed E-state index contributed by atoms with van der Waals surface area (Å²) in [6.45, 7) is 7.38. The molecule has 1 saturated carbocycles. The third-order valence-corrected chi connectivity index (χ3v) is 4.03. The van der Waals surface area contributed by atoms with Gasteiger partial charge in [-0.1, -0.05) is 13.8 Å². The average Bonchev–Trinajstić information content (AvgIpc) is 2.31. The maximum atomic E-state index is 5.84. The van der Waals surface area contributed by atoms with Gasteiger partial charge in [0.1, 0.15) is 0 Å². The van der Waals surface area contributed by atoms with Crippen LogP contribution in [0.1, 0.15) is 56.8 Å². The molecule has 1 aliphatic rings. The number of aryl methyl sites for hydroxylation is 1. The van der Waals surface area contributed by atoms with Crippen LogP contribution in [0.15, 0.2) is 6.07 Å². The topological polar surface area (TPSA) is 29.0 Å². The monoisotopic (exact) mass is 281 g/mol. The molecule has 2 rings (SSSR count). The van der Waals surface area contributed by atoms with Crippen molar-refractivity contribution >= 4 is 17.5 Å². The van der Waals surface area contributed by atoms with Crippen molar-refractivity contribution in [1.29, 1.82) is 0 Å². The summed E-state index contributed by atoms with van der Waals surface area (Å²) in [6, 6.07) is 2.71. The molecule has 0 unspecified atom stereocenters. The molecule has 0 bridgehead atoms. The first kappa shape index (κ1) is 14.6. The van der Waals surface area contributed by atoms with Gasteiger partial charge in [0.2, 0.25) is 5.95 Å². The standard InChI is InChI=1S/C15H24ClN3/c1-11(2)14-10-12(3)17-15(18-14)19(9-5-8-16)13-6-4-7-13/h10-11,13H,4-9H2,1-3H3. The van der Waals surface area contributed by atoms with E-state index in [4.69, 9.17) is 16.6 Å². The lowest BCUT2D eigenvalue weighted by molar-refractivity contribution is 0.381. The molecule has 0 radical (unpaired) electrons. The van der Waals surface area contributed by atoms with Gasteiger partial charge in [-0.2, -0.15) is 0 Å². The Hall–Kier alpha value is -0.830. The van der Waals surface area contributed by atoms with Crippen molar-refractivity contribution in [2.24, 2.45) is 0 Å². The van der Waals surface area contributed by atoms with Crippen LogP contribution in [0.2, 0.25) is 0 Å². The first-order chi connectivity index (χ1) is 9.11. The van der Waals surface area contributed by atoms with Gasteiger partial charge in [-0.05, 0) is 44.6 Å². The predicted octanol–water partition coefficient (Wildman–Crippen LogP) is 3.90. The molecule has 0 saturated heterocycles. The van der Waals surface area contributed by atoms with Gasteiger partial charge in [0.05, 0.1) is 0 Å². The summed E-state index contributed by atoms with van der Waals surface area (Å²) in [5, 5.41) is 0. The quantitative estimate of drug-likeness (QED) is 0.741. The molecule has 19 heavy (non-hydrogen) atoms. The highest BCUT2D eigenvalue weighted by atomic mass is 35.5. The summed E-state index contributed by atoms with van der Waals surface area (Å²) >= 11 is 5.84. The van der Waals surface area contributed by atoms with E-state index in [1.807, 2.05) is 0 Å². The number of rotatable bonds is 6. The summed E-state index contributed by atoms with van der Waals surface area (Å²) in [4.78, 5) is 11.8. The van der Waals surface area contributed by atoms with Gasteiger partial charge in [0.15, 0.2) is 0 Å². The van der Waals surface area contributed by atoms with E-state index in [9.17, 15) is 0 Å². The van der Waals surface area contributed by atoms with E-state index in [-0.39, 0.29) is 0 Å². The highest BCUT2D eigenvalue weighted by molar-refractivity contribution is 6.17. The fourth-order valence-electron chi connectivity index (χ4n) is 2.38. The zero-order valence-electron chi connectivity index (χ0n) is 12.2. The molecule has 0 atom stereocenters. The Morgan fingerprint density at radius 1 is 1.37 bits per heavy atom. The molecule has 1 aliphatic carbocycles. The number of alkyl halides is 1. The Balaban J connectivity index is 2.24. The van der Waals surface area contributed by atoms with Crippen LogP contribution in [0.3, 0.4) is 0 Å². The summed E-state index contributed by atoms with van der Waals surface area (Å²) in [5.41, 5.74) is 2.20. The van der Waals surface area contributed by atoms with Crippen molar-refractivity contribution in [2.45, 2.75) is 58.4 Å². The Labute approximate surface area is 121 Å². The molecular weight excluding hydrogens is 258 g/mol. The van der Waals surface area contributed by atoms with Crippen LogP contribution in [0, 0.1) is 6.92 Å². The molecule has 0 spiro atoms. The van der Waals surface area contributed by atoms with Crippen LogP contribution in [-0.4, -0.2) is 28.4 Å². The molecule has 1 aromatic rings. The number of anilines is 1. The summed E-state index contributed by atoms with van der Waals surface area (Å²) in [5.74, 6) is 2.04. The first-order valence-electron chi connectivity index (χ1n) is 7.30. The zero-order chi connectivity index (χ0) is 13.8. The number of halogens is 1. The van der Waals surface area contributed by atoms with E-state index in [1.165, 1.54) is 19.3 Å². The van der Waals surface area contributed by atoms with E-state index in [1.54, 1.807) is 0 Å². The van der Waals surface area contributed by atoms with Crippen molar-refractivity contribution in [3.8, 4) is 0 Å². The highest BCUT2D eigenvalue weighted by Gasteiger charge is 2.27. The van der Waals surface area contributed by atoms with E-state index in [0.29, 0.717) is 17.8 Å². The number of hydrogen-bond acceptors (Lipinski definition) is 3. The fraction of sp³-hybridized carbons (Fsp3) is 0.733. The SMILES string of the molecule is Cc1cc(C(C)C)nc(N(CCCCl)C2CCC2)n1. The maximum Gasteiger partial charge on any atom is 0.226 e. The second kappa shape index (κ2) is 6.56. The van der Waals surface area contributed by atoms with Gasteiger partial charge in [-0.3, -0.25) is 0 Å². The summed E-state index contributed by atoms with van der Waals surface area (Å²) < 4.78 is 0. The van der Waals surface area contributed by atoms with Gasteiger partial charge in [-0.15, -0.1) is 11.6 Å². The molecule has 4 heteroatoms. The Morgan fingerprint density at radius 2 is 2.11 bits per heavy atom. The second-order valence-corrected chi connectivity index (χ2v) is 6.09. The smallest absolute Gasteiger partial charge is 0.226 e. The first-order valence-corrected chi connectivity index (χ1v) is 7.83. The Kier molecular flexibility index (Phi) is 5.03. The number of hydrogen-bond donors (Lipinski definition) is 0. The lowest BCUT2D eigenvalue weighted by Crippen LogP contribution is -2.42. The zero-order valence-corrected chi connectivity index (χ0v) is 13.0. The minimum atomic E-state index is 0.441. The number of aromatic nitrogens is 2. The predicted molar refractivity (Wildman–Crippen MR) is 81.2 cm³/mol. The summed E-state index contributed by atoms with van der Waals surface area (Å²) in [7, 11) is 0. The van der Waals surface area contributed by atoms with E-state index >= 15 is 0 Å². The van der Waals surface area contributed by atoms with Crippen LogP contribution >= 0.6 is 11.6 Å². The van der Waals surface area contributed by atoms with Crippen LogP contribution in [0.25, 0.3) is 0 Å². The molecule has 106 valence electrons. The molecule has 1 aromatic heterocycles. The number of nitrogens with zero attached hydrogens (tertiary/aromatic N) is 3. The molecular formula is C15H24ClN3. The van der Waals surface area contributed by atoms with Gasteiger partial charge in [0.25, 0.3) is 0 Å². The molecule has 0 N–H and O–H groups in total. The maximum absolute atomic E-state index is 5.84. The van der Waals surface area contributed by atoms with Gasteiger partial charge >= 0.3 is 0 Å². The Bertz CT molecular complexity index is 416. The van der Waals surface area contributed by atoms with E-state index < -0.39 is 0 Å². The van der Waals surface area contributed by atoms with Crippen molar-refractivity contribution in [1.82, 2.24) is 9.97 Å². The molecule has 0 aliphatic heterocycles. The van der Waals surface area contributed by atoms with Crippen LogP contribution < -0.4 is 4.90 Å². The molecule has 1 heterocycles. The van der Waals surface area contributed by atoms with Gasteiger partial charge < -0.3 is 4.90 Å². The molecule has 0 amide bonds. The van der Waals surface area contributed by atoms with E-state index in [2.05, 4.69) is 36.7 Å². The second-order valence-electron chi connectivity index (χ2n) is 5.71. The third kappa shape index (κ3) is 3.59. The minimum absolute atomic E-state index is 0.441. The van der Waals surface area contributed by atoms with Crippen molar-refractivity contribution in [3.63, 3.8) is 0 Å². The lowest BCUT2D eigenvalue weighted by atomic mass is 9.91. The van der Waals surface area contributed by atoms with Crippen molar-refractivity contribution < 1.29 is 0 Å². The third-order valence-electron chi connectivity index (χ3n) is 3.76. The van der Waals surface area contributed by atoms with Gasteiger partial charge in [-0.25, -0.2) is 9.97 Å². The minimum Gasteiger partial charge on any atom is -0.338 e. The lowest BCUT2D eigenvalue weighted by Gasteiger charge is -2.38. The highest BCUT2D eigenvalue weighted by Crippen LogP contribution is 2.28. The normalized spacial score (nSPS) is 15.6. The van der Waals surface area contributed by atoms with Crippen LogP contribution in [-0.2, 0) is 0 Å². The van der Waals surface area contributed by atoms with E-state index in [0.717, 1.165) is 30.3 Å².